The molecule has 1 aromatic rings. The van der Waals surface area contributed by atoms with E-state index in [1.165, 1.54) is 19.4 Å². The molecule has 2 unspecified atom stereocenters. The van der Waals surface area contributed by atoms with Gasteiger partial charge in [-0.1, -0.05) is 0 Å². The molecule has 0 aliphatic carbocycles. The van der Waals surface area contributed by atoms with E-state index < -0.39 is 71.1 Å². The third kappa shape index (κ3) is 6.90. The van der Waals surface area contributed by atoms with E-state index in [-0.39, 0.29) is 12.4 Å². The molecule has 2 aliphatic heterocycles. The summed E-state index contributed by atoms with van der Waals surface area (Å²) in [6, 6.07) is 1.34. The summed E-state index contributed by atoms with van der Waals surface area (Å²) in [6.45, 7) is 0.212. The van der Waals surface area contributed by atoms with Crippen molar-refractivity contribution in [1.82, 2.24) is 9.55 Å². The SMILES string of the molecule is CO[C@@H]1[C@H](OP(C)(=O)O)[C@@H](COP(=O)(O)OC[C@H]2OCC[C@@H]2O)O[C@H]1n1ccc(N)nc1=O. The number of anilines is 1. The molecule has 5 N–H and O–H groups in total. The summed E-state index contributed by atoms with van der Waals surface area (Å²) in [6.07, 6.45) is -4.71. The molecule has 33 heavy (non-hydrogen) atoms. The first-order chi connectivity index (χ1) is 15.4. The minimum absolute atomic E-state index is 0.0287. The molecule has 1 aromatic heterocycles. The topological polar surface area (TPSA) is 211 Å². The summed E-state index contributed by atoms with van der Waals surface area (Å²) in [7, 11) is -7.45. The Bertz CT molecular complexity index is 970. The van der Waals surface area contributed by atoms with Crippen molar-refractivity contribution in [3.05, 3.63) is 22.7 Å². The van der Waals surface area contributed by atoms with Gasteiger partial charge in [-0.25, -0.2) is 9.36 Å². The molecule has 2 aliphatic rings. The highest BCUT2D eigenvalue weighted by Crippen LogP contribution is 2.48. The van der Waals surface area contributed by atoms with E-state index in [0.29, 0.717) is 6.42 Å². The van der Waals surface area contributed by atoms with Crippen LogP contribution >= 0.6 is 15.4 Å². The van der Waals surface area contributed by atoms with Crippen LogP contribution in [0.1, 0.15) is 12.6 Å². The van der Waals surface area contributed by atoms with Crippen molar-refractivity contribution in [2.24, 2.45) is 0 Å². The number of nitrogen functional groups attached to an aromatic ring is 1. The summed E-state index contributed by atoms with van der Waals surface area (Å²) in [5.74, 6) is -0.0287. The molecule has 0 amide bonds. The summed E-state index contributed by atoms with van der Waals surface area (Å²) < 4.78 is 56.6. The standard InChI is InChI=1S/C16H27N3O12P2/c1-26-14-13(31-32(2,22)23)11(30-15(14)19-5-3-12(17)18-16(19)21)8-29-33(24,25)28-7-10-9(20)4-6-27-10/h3,5,9-11,13-15,20H,4,6-8H2,1-2H3,(H,22,23)(H,24,25)(H2,17,18,21)/t9-,10+,11+,13+,14+,15+/m0/s1. The lowest BCUT2D eigenvalue weighted by molar-refractivity contribution is -0.0635. The average molecular weight is 515 g/mol. The first-order valence-electron chi connectivity index (χ1n) is 9.83. The molecule has 0 spiro atoms. The lowest BCUT2D eigenvalue weighted by Crippen LogP contribution is -2.39. The number of hydrogen-bond acceptors (Lipinski definition) is 12. The maximum Gasteiger partial charge on any atom is 0.472 e. The van der Waals surface area contributed by atoms with Crippen LogP contribution in [0.2, 0.25) is 0 Å². The number of phosphoric ester groups is 1. The Kier molecular flexibility index (Phi) is 8.46. The van der Waals surface area contributed by atoms with E-state index in [2.05, 4.69) is 4.98 Å². The highest BCUT2D eigenvalue weighted by Gasteiger charge is 2.50. The minimum Gasteiger partial charge on any atom is -0.390 e. The zero-order valence-corrected chi connectivity index (χ0v) is 19.6. The second kappa shape index (κ2) is 10.6. The van der Waals surface area contributed by atoms with Gasteiger partial charge in [0.05, 0.1) is 19.3 Å². The fourth-order valence-electron chi connectivity index (χ4n) is 3.46. The second-order valence-corrected chi connectivity index (χ2v) is 10.8. The van der Waals surface area contributed by atoms with Crippen molar-refractivity contribution in [3.8, 4) is 0 Å². The van der Waals surface area contributed by atoms with Crippen LogP contribution in [0, 0.1) is 0 Å². The van der Waals surface area contributed by atoms with Gasteiger partial charge in [-0.3, -0.25) is 22.7 Å². The zero-order valence-electron chi connectivity index (χ0n) is 17.8. The average Bonchev–Trinajstić information content (AvgIpc) is 3.26. The normalized spacial score (nSPS) is 33.6. The van der Waals surface area contributed by atoms with Gasteiger partial charge < -0.3 is 34.8 Å². The van der Waals surface area contributed by atoms with Gasteiger partial charge in [0.25, 0.3) is 0 Å². The lowest BCUT2D eigenvalue weighted by Gasteiger charge is -2.25. The molecule has 8 atom stereocenters. The molecule has 2 saturated heterocycles. The number of nitrogens with two attached hydrogens (primary N) is 1. The van der Waals surface area contributed by atoms with E-state index in [0.717, 1.165) is 11.2 Å². The summed E-state index contributed by atoms with van der Waals surface area (Å²) in [5, 5.41) is 9.71. The number of aliphatic hydroxyl groups excluding tert-OH is 1. The van der Waals surface area contributed by atoms with Gasteiger partial charge >= 0.3 is 21.1 Å². The number of ether oxygens (including phenoxy) is 3. The van der Waals surface area contributed by atoms with Gasteiger partial charge in [0.1, 0.15) is 30.2 Å². The number of phosphoric acid groups is 1. The third-order valence-electron chi connectivity index (χ3n) is 4.98. The third-order valence-corrected chi connectivity index (χ3v) is 6.56. The smallest absolute Gasteiger partial charge is 0.390 e. The van der Waals surface area contributed by atoms with Crippen LogP contribution in [0.5, 0.6) is 0 Å². The van der Waals surface area contributed by atoms with E-state index in [4.69, 9.17) is 33.5 Å². The Hall–Kier alpha value is -1.22. The minimum atomic E-state index is -4.63. The predicted molar refractivity (Wildman–Crippen MR) is 110 cm³/mol. The van der Waals surface area contributed by atoms with Gasteiger partial charge in [-0.2, -0.15) is 4.98 Å². The van der Waals surface area contributed by atoms with Crippen molar-refractivity contribution in [3.63, 3.8) is 0 Å². The molecular formula is C16H27N3O12P2. The Balaban J connectivity index is 1.74. The van der Waals surface area contributed by atoms with Crippen molar-refractivity contribution >= 4 is 21.2 Å². The Morgan fingerprint density at radius 2 is 1.91 bits per heavy atom. The summed E-state index contributed by atoms with van der Waals surface area (Å²) in [4.78, 5) is 35.6. The van der Waals surface area contributed by atoms with Gasteiger partial charge in [0.15, 0.2) is 6.23 Å². The van der Waals surface area contributed by atoms with Crippen molar-refractivity contribution < 1.29 is 51.8 Å². The van der Waals surface area contributed by atoms with Crippen LogP contribution in [0.25, 0.3) is 0 Å². The molecule has 188 valence electrons. The van der Waals surface area contributed by atoms with Crippen LogP contribution in [0.3, 0.4) is 0 Å². The quantitative estimate of drug-likeness (QED) is 0.282. The monoisotopic (exact) mass is 515 g/mol. The summed E-state index contributed by atoms with van der Waals surface area (Å²) >= 11 is 0. The number of hydrogen-bond donors (Lipinski definition) is 4. The predicted octanol–water partition coefficient (Wildman–Crippen LogP) is -0.778. The molecule has 3 rings (SSSR count). The summed E-state index contributed by atoms with van der Waals surface area (Å²) in [5.41, 5.74) is 4.72. The number of rotatable bonds is 10. The maximum absolute atomic E-state index is 12.3. The molecule has 17 heteroatoms. The Morgan fingerprint density at radius 3 is 2.45 bits per heavy atom. The molecule has 15 nitrogen and oxygen atoms in total. The van der Waals surface area contributed by atoms with Crippen LogP contribution in [0.15, 0.2) is 17.1 Å². The van der Waals surface area contributed by atoms with E-state index in [1.807, 2.05) is 0 Å². The number of aromatic nitrogens is 2. The van der Waals surface area contributed by atoms with E-state index >= 15 is 0 Å². The van der Waals surface area contributed by atoms with Gasteiger partial charge in [-0.05, 0) is 12.5 Å². The number of aliphatic hydroxyl groups is 1. The number of methoxy groups -OCH3 is 1. The molecule has 0 bridgehead atoms. The first kappa shape index (κ1) is 26.4. The van der Waals surface area contributed by atoms with Gasteiger partial charge in [0.2, 0.25) is 0 Å². The molecule has 0 aromatic carbocycles. The number of nitrogens with zero attached hydrogens (tertiary/aromatic N) is 2. The molecule has 2 fully saturated rings. The van der Waals surface area contributed by atoms with Crippen molar-refractivity contribution in [2.45, 2.75) is 43.2 Å². The maximum atomic E-state index is 12.3. The van der Waals surface area contributed by atoms with Crippen molar-refractivity contribution in [2.75, 3.05) is 39.3 Å². The van der Waals surface area contributed by atoms with E-state index in [1.54, 1.807) is 0 Å². The molecule has 0 saturated carbocycles. The van der Waals surface area contributed by atoms with Gasteiger partial charge in [0, 0.05) is 26.6 Å². The molecular weight excluding hydrogens is 488 g/mol. The van der Waals surface area contributed by atoms with Crippen LogP contribution < -0.4 is 11.4 Å². The molecule has 3 heterocycles. The van der Waals surface area contributed by atoms with Gasteiger partial charge in [-0.15, -0.1) is 0 Å². The zero-order chi connectivity index (χ0) is 24.4. The first-order valence-corrected chi connectivity index (χ1v) is 13.4. The molecule has 0 radical (unpaired) electrons. The fourth-order valence-corrected chi connectivity index (χ4v) is 4.91. The van der Waals surface area contributed by atoms with Crippen LogP contribution in [-0.4, -0.2) is 88.6 Å². The largest absolute Gasteiger partial charge is 0.472 e. The van der Waals surface area contributed by atoms with E-state index in [9.17, 15) is 28.8 Å². The van der Waals surface area contributed by atoms with Crippen LogP contribution in [0.4, 0.5) is 5.82 Å². The fraction of sp³-hybridized carbons (Fsp3) is 0.750. The lowest BCUT2D eigenvalue weighted by atomic mass is 10.1. The highest BCUT2D eigenvalue weighted by molar-refractivity contribution is 7.51. The van der Waals surface area contributed by atoms with Crippen LogP contribution in [-0.2, 0) is 36.9 Å². The van der Waals surface area contributed by atoms with Crippen molar-refractivity contribution in [1.29, 1.82) is 0 Å². The Morgan fingerprint density at radius 1 is 1.24 bits per heavy atom. The second-order valence-electron chi connectivity index (χ2n) is 7.51. The Labute approximate surface area is 188 Å². The highest BCUT2D eigenvalue weighted by atomic mass is 31.2.